The zero-order chi connectivity index (χ0) is 14.1. The third kappa shape index (κ3) is 3.02. The predicted molar refractivity (Wildman–Crippen MR) is 68.9 cm³/mol. The maximum atomic E-state index is 12.3. The summed E-state index contributed by atoms with van der Waals surface area (Å²) >= 11 is 0. The van der Waals surface area contributed by atoms with E-state index in [-0.39, 0.29) is 18.1 Å². The third-order valence-electron chi connectivity index (χ3n) is 3.41. The zero-order valence-corrected chi connectivity index (χ0v) is 12.2. The van der Waals surface area contributed by atoms with Crippen LogP contribution in [-0.4, -0.2) is 62.1 Å². The molecule has 1 fully saturated rings. The van der Waals surface area contributed by atoms with E-state index in [1.807, 2.05) is 0 Å². The molecular formula is C11H22N2O4S. The summed E-state index contributed by atoms with van der Waals surface area (Å²) in [5.41, 5.74) is 5.74. The highest BCUT2D eigenvalue weighted by Crippen LogP contribution is 2.20. The third-order valence-corrected chi connectivity index (χ3v) is 5.44. The molecule has 1 heterocycles. The Morgan fingerprint density at radius 2 is 2.06 bits per heavy atom. The highest BCUT2D eigenvalue weighted by atomic mass is 32.2. The smallest absolute Gasteiger partial charge is 0.243 e. The van der Waals surface area contributed by atoms with Gasteiger partial charge in [-0.2, -0.15) is 0 Å². The Hall–Kier alpha value is -0.660. The fourth-order valence-corrected chi connectivity index (χ4v) is 2.16. The van der Waals surface area contributed by atoms with Crippen LogP contribution in [0.4, 0.5) is 0 Å². The molecule has 106 valence electrons. The van der Waals surface area contributed by atoms with Gasteiger partial charge >= 0.3 is 0 Å². The van der Waals surface area contributed by atoms with Gasteiger partial charge < -0.3 is 15.4 Å². The van der Waals surface area contributed by atoms with E-state index in [1.54, 1.807) is 6.92 Å². The molecule has 0 aromatic carbocycles. The van der Waals surface area contributed by atoms with E-state index in [1.165, 1.54) is 18.7 Å². The van der Waals surface area contributed by atoms with Crippen LogP contribution in [0.1, 0.15) is 20.8 Å². The minimum absolute atomic E-state index is 0.193. The molecule has 7 heteroatoms. The van der Waals surface area contributed by atoms with E-state index >= 15 is 0 Å². The Bertz CT molecular complexity index is 417. The molecule has 0 spiro atoms. The normalized spacial score (nSPS) is 23.8. The molecule has 1 aliphatic heterocycles. The van der Waals surface area contributed by atoms with Gasteiger partial charge in [-0.15, -0.1) is 0 Å². The van der Waals surface area contributed by atoms with E-state index in [9.17, 15) is 13.2 Å². The molecule has 0 saturated carbocycles. The van der Waals surface area contributed by atoms with Crippen LogP contribution in [0.15, 0.2) is 0 Å². The first-order valence-electron chi connectivity index (χ1n) is 5.93. The van der Waals surface area contributed by atoms with Crippen molar-refractivity contribution in [1.29, 1.82) is 0 Å². The second-order valence-electron chi connectivity index (χ2n) is 5.30. The molecule has 0 aromatic rings. The van der Waals surface area contributed by atoms with Crippen LogP contribution in [0, 0.1) is 0 Å². The van der Waals surface area contributed by atoms with Crippen LogP contribution in [-0.2, 0) is 19.4 Å². The van der Waals surface area contributed by atoms with Gasteiger partial charge in [-0.3, -0.25) is 4.79 Å². The first kappa shape index (κ1) is 15.4. The van der Waals surface area contributed by atoms with E-state index < -0.39 is 14.6 Å². The van der Waals surface area contributed by atoms with Gasteiger partial charge in [0.1, 0.15) is 4.75 Å². The molecule has 2 unspecified atom stereocenters. The Labute approximate surface area is 108 Å². The topological polar surface area (TPSA) is 89.7 Å². The fraction of sp³-hybridized carbons (Fsp3) is 0.909. The second-order valence-corrected chi connectivity index (χ2v) is 7.87. The molecule has 18 heavy (non-hydrogen) atoms. The van der Waals surface area contributed by atoms with E-state index in [4.69, 9.17) is 10.5 Å². The second kappa shape index (κ2) is 5.14. The van der Waals surface area contributed by atoms with Crippen LogP contribution in [0.25, 0.3) is 0 Å². The van der Waals surface area contributed by atoms with Crippen LogP contribution in [0.2, 0.25) is 0 Å². The first-order valence-corrected chi connectivity index (χ1v) is 7.82. The number of hydrogen-bond donors (Lipinski definition) is 1. The number of sulfone groups is 1. The van der Waals surface area contributed by atoms with Crippen molar-refractivity contribution in [2.75, 3.05) is 26.0 Å². The molecular weight excluding hydrogens is 256 g/mol. The van der Waals surface area contributed by atoms with Crippen LogP contribution < -0.4 is 5.73 Å². The van der Waals surface area contributed by atoms with Gasteiger partial charge in [0.25, 0.3) is 0 Å². The minimum atomic E-state index is -3.45. The number of amides is 1. The maximum absolute atomic E-state index is 12.3. The lowest BCUT2D eigenvalue weighted by atomic mass is 10.1. The predicted octanol–water partition coefficient (Wildman–Crippen LogP) is -0.616. The van der Waals surface area contributed by atoms with Crippen LogP contribution >= 0.6 is 0 Å². The Morgan fingerprint density at radius 3 is 2.50 bits per heavy atom. The largest absolute Gasteiger partial charge is 0.373 e. The molecule has 0 bridgehead atoms. The van der Waals surface area contributed by atoms with Crippen molar-refractivity contribution >= 4 is 15.7 Å². The fourth-order valence-electron chi connectivity index (χ4n) is 1.72. The lowest BCUT2D eigenvalue weighted by Gasteiger charge is -2.38. The molecule has 0 aromatic heterocycles. The van der Waals surface area contributed by atoms with Gasteiger partial charge in [0, 0.05) is 25.4 Å². The van der Waals surface area contributed by atoms with Gasteiger partial charge in [-0.25, -0.2) is 8.42 Å². The first-order chi connectivity index (χ1) is 8.07. The SMILES string of the molecule is CC(N)C1CN(C(=O)C(C)(C)S(C)(=O)=O)CCO1. The van der Waals surface area contributed by atoms with Gasteiger partial charge in [0.15, 0.2) is 9.84 Å². The average Bonchev–Trinajstić information content (AvgIpc) is 2.26. The maximum Gasteiger partial charge on any atom is 0.243 e. The zero-order valence-electron chi connectivity index (χ0n) is 11.3. The quantitative estimate of drug-likeness (QED) is 0.743. The number of nitrogens with two attached hydrogens (primary N) is 1. The van der Waals surface area contributed by atoms with Crippen LogP contribution in [0.5, 0.6) is 0 Å². The summed E-state index contributed by atoms with van der Waals surface area (Å²) in [7, 11) is -3.45. The Balaban J connectivity index is 2.85. The molecule has 2 atom stereocenters. The number of morpholine rings is 1. The van der Waals surface area contributed by atoms with Gasteiger partial charge in [0.2, 0.25) is 5.91 Å². The molecule has 0 aliphatic carbocycles. The lowest BCUT2D eigenvalue weighted by Crippen LogP contribution is -2.57. The summed E-state index contributed by atoms with van der Waals surface area (Å²) in [5.74, 6) is -0.390. The molecule has 6 nitrogen and oxygen atoms in total. The number of rotatable bonds is 3. The van der Waals surface area contributed by atoms with Crippen molar-refractivity contribution in [1.82, 2.24) is 4.90 Å². The number of carbonyl (C=O) groups excluding carboxylic acids is 1. The highest BCUT2D eigenvalue weighted by Gasteiger charge is 2.42. The summed E-state index contributed by atoms with van der Waals surface area (Å²) in [6.45, 7) is 5.80. The summed E-state index contributed by atoms with van der Waals surface area (Å²) in [5, 5.41) is 0. The highest BCUT2D eigenvalue weighted by molar-refractivity contribution is 7.92. The van der Waals surface area contributed by atoms with Crippen molar-refractivity contribution in [2.45, 2.75) is 37.7 Å². The van der Waals surface area contributed by atoms with E-state index in [0.717, 1.165) is 6.26 Å². The van der Waals surface area contributed by atoms with Crippen molar-refractivity contribution in [2.24, 2.45) is 5.73 Å². The van der Waals surface area contributed by atoms with E-state index in [0.29, 0.717) is 19.7 Å². The van der Waals surface area contributed by atoms with E-state index in [2.05, 4.69) is 0 Å². The average molecular weight is 278 g/mol. The molecule has 0 radical (unpaired) electrons. The van der Waals surface area contributed by atoms with Gasteiger partial charge in [0.05, 0.1) is 12.7 Å². The molecule has 2 N–H and O–H groups in total. The van der Waals surface area contributed by atoms with Crippen LogP contribution in [0.3, 0.4) is 0 Å². The van der Waals surface area contributed by atoms with Crippen molar-refractivity contribution < 1.29 is 17.9 Å². The van der Waals surface area contributed by atoms with Crippen molar-refractivity contribution in [3.63, 3.8) is 0 Å². The van der Waals surface area contributed by atoms with Gasteiger partial charge in [-0.05, 0) is 20.8 Å². The number of ether oxygens (including phenoxy) is 1. The lowest BCUT2D eigenvalue weighted by molar-refractivity contribution is -0.141. The van der Waals surface area contributed by atoms with Crippen molar-refractivity contribution in [3.05, 3.63) is 0 Å². The molecule has 1 amide bonds. The number of nitrogens with zero attached hydrogens (tertiary/aromatic N) is 1. The Morgan fingerprint density at radius 1 is 1.50 bits per heavy atom. The summed E-state index contributed by atoms with van der Waals surface area (Å²) in [6.07, 6.45) is 0.840. The summed E-state index contributed by atoms with van der Waals surface area (Å²) in [6, 6.07) is -0.193. The van der Waals surface area contributed by atoms with Crippen molar-refractivity contribution in [3.8, 4) is 0 Å². The van der Waals surface area contributed by atoms with Gasteiger partial charge in [-0.1, -0.05) is 0 Å². The monoisotopic (exact) mass is 278 g/mol. The summed E-state index contributed by atoms with van der Waals surface area (Å²) < 4.78 is 27.3. The standard InChI is InChI=1S/C11H22N2O4S/c1-8(12)9-7-13(5-6-17-9)10(14)11(2,3)18(4,15)16/h8-9H,5-7,12H2,1-4H3. The molecule has 1 aliphatic rings. The Kier molecular flexibility index (Phi) is 4.40. The number of carbonyl (C=O) groups is 1. The molecule has 1 rings (SSSR count). The number of hydrogen-bond acceptors (Lipinski definition) is 5. The molecule has 1 saturated heterocycles. The summed E-state index contributed by atoms with van der Waals surface area (Å²) in [4.78, 5) is 13.8. The minimum Gasteiger partial charge on any atom is -0.373 e.